The fraction of sp³-hybridized carbons (Fsp3) is 0.273. The maximum absolute atomic E-state index is 11.0. The standard InChI is InChI=1S/C11H13NO3/c1-8-4-3-5-10(6-8)12-15-11(14)7-9(2)13/h3-6,12H,7H2,1-2H3. The second kappa shape index (κ2) is 5.14. The summed E-state index contributed by atoms with van der Waals surface area (Å²) in [4.78, 5) is 26.3. The molecule has 0 fully saturated rings. The molecule has 0 aliphatic rings. The number of nitrogens with one attached hydrogen (secondary N) is 1. The molecule has 1 aromatic carbocycles. The Labute approximate surface area is 88.2 Å². The maximum atomic E-state index is 11.0. The molecule has 0 unspecified atom stereocenters. The number of hydrogen-bond acceptors (Lipinski definition) is 4. The van der Waals surface area contributed by atoms with Crippen molar-refractivity contribution >= 4 is 17.4 Å². The van der Waals surface area contributed by atoms with Crippen LogP contribution < -0.4 is 5.48 Å². The Morgan fingerprint density at radius 1 is 1.40 bits per heavy atom. The molecule has 0 amide bonds. The maximum Gasteiger partial charge on any atom is 0.339 e. The normalized spacial score (nSPS) is 9.47. The minimum absolute atomic E-state index is 0.210. The van der Waals surface area contributed by atoms with Crippen LogP contribution in [0, 0.1) is 6.92 Å². The number of hydrogen-bond donors (Lipinski definition) is 1. The van der Waals surface area contributed by atoms with Gasteiger partial charge in [-0.3, -0.25) is 4.79 Å². The number of Topliss-reactive ketones (excluding diaryl/α,β-unsaturated/α-hetero) is 1. The highest BCUT2D eigenvalue weighted by molar-refractivity contribution is 5.94. The third-order valence-electron chi connectivity index (χ3n) is 1.69. The summed E-state index contributed by atoms with van der Waals surface area (Å²) < 4.78 is 0. The molecule has 0 spiro atoms. The molecule has 80 valence electrons. The summed E-state index contributed by atoms with van der Waals surface area (Å²) in [5, 5.41) is 0. The van der Waals surface area contributed by atoms with E-state index in [4.69, 9.17) is 0 Å². The highest BCUT2D eigenvalue weighted by Gasteiger charge is 2.06. The summed E-state index contributed by atoms with van der Waals surface area (Å²) in [6, 6.07) is 7.38. The van der Waals surface area contributed by atoms with Crippen molar-refractivity contribution in [1.29, 1.82) is 0 Å². The number of anilines is 1. The number of benzene rings is 1. The molecule has 0 aliphatic carbocycles. The summed E-state index contributed by atoms with van der Waals surface area (Å²) in [7, 11) is 0. The molecule has 1 N–H and O–H groups in total. The van der Waals surface area contributed by atoms with Crippen molar-refractivity contribution in [2.75, 3.05) is 5.48 Å². The van der Waals surface area contributed by atoms with Gasteiger partial charge in [-0.15, -0.1) is 0 Å². The van der Waals surface area contributed by atoms with Crippen molar-refractivity contribution in [2.24, 2.45) is 0 Å². The summed E-state index contributed by atoms with van der Waals surface area (Å²) in [6.07, 6.45) is -0.210. The van der Waals surface area contributed by atoms with Gasteiger partial charge >= 0.3 is 5.97 Å². The van der Waals surface area contributed by atoms with Gasteiger partial charge in [0, 0.05) is 0 Å². The van der Waals surface area contributed by atoms with Crippen molar-refractivity contribution < 1.29 is 14.4 Å². The Hall–Kier alpha value is -1.84. The molecule has 4 heteroatoms. The van der Waals surface area contributed by atoms with Gasteiger partial charge < -0.3 is 4.84 Å². The molecule has 4 nitrogen and oxygen atoms in total. The third-order valence-corrected chi connectivity index (χ3v) is 1.69. The Kier molecular flexibility index (Phi) is 3.85. The van der Waals surface area contributed by atoms with Crippen molar-refractivity contribution in [1.82, 2.24) is 0 Å². The lowest BCUT2D eigenvalue weighted by Crippen LogP contribution is -2.13. The molecule has 0 bridgehead atoms. The Morgan fingerprint density at radius 3 is 2.73 bits per heavy atom. The molecule has 0 aromatic heterocycles. The summed E-state index contributed by atoms with van der Waals surface area (Å²) >= 11 is 0. The first-order valence-corrected chi connectivity index (χ1v) is 4.59. The van der Waals surface area contributed by atoms with Gasteiger partial charge in [-0.25, -0.2) is 10.3 Å². The van der Waals surface area contributed by atoms with E-state index in [0.29, 0.717) is 5.69 Å². The summed E-state index contributed by atoms with van der Waals surface area (Å²) in [5.41, 5.74) is 4.23. The van der Waals surface area contributed by atoms with Crippen LogP contribution in [0.4, 0.5) is 5.69 Å². The average Bonchev–Trinajstić information content (AvgIpc) is 2.14. The van der Waals surface area contributed by atoms with Crippen LogP contribution in [0.25, 0.3) is 0 Å². The number of aryl methyl sites for hydroxylation is 1. The monoisotopic (exact) mass is 207 g/mol. The van der Waals surface area contributed by atoms with Crippen LogP contribution in [0.5, 0.6) is 0 Å². The molecule has 0 aliphatic heterocycles. The Bertz CT molecular complexity index is 374. The molecule has 0 saturated heterocycles. The Balaban J connectivity index is 2.43. The number of carbonyl (C=O) groups excluding carboxylic acids is 2. The highest BCUT2D eigenvalue weighted by atomic mass is 16.7. The molecule has 0 atom stereocenters. The van der Waals surface area contributed by atoms with E-state index in [2.05, 4.69) is 10.3 Å². The Morgan fingerprint density at radius 2 is 2.13 bits per heavy atom. The summed E-state index contributed by atoms with van der Waals surface area (Å²) in [6.45, 7) is 3.27. The van der Waals surface area contributed by atoms with Gasteiger partial charge in [0.05, 0.1) is 5.69 Å². The van der Waals surface area contributed by atoms with Crippen LogP contribution in [0.2, 0.25) is 0 Å². The van der Waals surface area contributed by atoms with E-state index in [1.54, 1.807) is 6.07 Å². The minimum atomic E-state index is -0.580. The predicted octanol–water partition coefficient (Wildman–Crippen LogP) is 1.84. The van der Waals surface area contributed by atoms with Gasteiger partial charge in [0.15, 0.2) is 0 Å². The van der Waals surface area contributed by atoms with Crippen LogP contribution in [-0.4, -0.2) is 11.8 Å². The van der Waals surface area contributed by atoms with Crippen LogP contribution in [0.1, 0.15) is 18.9 Å². The molecule has 1 rings (SSSR count). The smallest absolute Gasteiger partial charge is 0.339 e. The average molecular weight is 207 g/mol. The van der Waals surface area contributed by atoms with E-state index in [9.17, 15) is 9.59 Å². The number of rotatable bonds is 4. The molecule has 0 saturated carbocycles. The van der Waals surface area contributed by atoms with E-state index < -0.39 is 5.97 Å². The van der Waals surface area contributed by atoms with E-state index >= 15 is 0 Å². The number of carbonyl (C=O) groups is 2. The van der Waals surface area contributed by atoms with Crippen molar-refractivity contribution in [3.63, 3.8) is 0 Å². The lowest BCUT2D eigenvalue weighted by molar-refractivity contribution is -0.143. The highest BCUT2D eigenvalue weighted by Crippen LogP contribution is 2.09. The molecule has 1 aromatic rings. The van der Waals surface area contributed by atoms with E-state index in [1.807, 2.05) is 25.1 Å². The van der Waals surface area contributed by atoms with Crippen molar-refractivity contribution in [2.45, 2.75) is 20.3 Å². The van der Waals surface area contributed by atoms with Crippen molar-refractivity contribution in [3.8, 4) is 0 Å². The minimum Gasteiger partial charge on any atom is -0.343 e. The predicted molar refractivity (Wildman–Crippen MR) is 56.2 cm³/mol. The lowest BCUT2D eigenvalue weighted by Gasteiger charge is -2.06. The van der Waals surface area contributed by atoms with Crippen molar-refractivity contribution in [3.05, 3.63) is 29.8 Å². The first-order chi connectivity index (χ1) is 7.08. The summed E-state index contributed by atoms with van der Waals surface area (Å²) in [5.74, 6) is -0.796. The quantitative estimate of drug-likeness (QED) is 0.604. The van der Waals surface area contributed by atoms with Gasteiger partial charge in [-0.05, 0) is 31.5 Å². The van der Waals surface area contributed by atoms with Gasteiger partial charge in [0.25, 0.3) is 0 Å². The van der Waals surface area contributed by atoms with Gasteiger partial charge in [-0.2, -0.15) is 0 Å². The molecule has 15 heavy (non-hydrogen) atoms. The zero-order chi connectivity index (χ0) is 11.3. The second-order valence-corrected chi connectivity index (χ2v) is 3.32. The second-order valence-electron chi connectivity index (χ2n) is 3.32. The number of ketones is 1. The molecule has 0 heterocycles. The van der Waals surface area contributed by atoms with Crippen LogP contribution >= 0.6 is 0 Å². The zero-order valence-corrected chi connectivity index (χ0v) is 8.74. The fourth-order valence-electron chi connectivity index (χ4n) is 1.06. The SMILES string of the molecule is CC(=O)CC(=O)ONc1cccc(C)c1. The van der Waals surface area contributed by atoms with Gasteiger partial charge in [-0.1, -0.05) is 12.1 Å². The van der Waals surface area contributed by atoms with E-state index in [-0.39, 0.29) is 12.2 Å². The van der Waals surface area contributed by atoms with Crippen LogP contribution in [-0.2, 0) is 14.4 Å². The van der Waals surface area contributed by atoms with Crippen LogP contribution in [0.3, 0.4) is 0 Å². The topological polar surface area (TPSA) is 55.4 Å². The van der Waals surface area contributed by atoms with Gasteiger partial charge in [0.1, 0.15) is 12.2 Å². The lowest BCUT2D eigenvalue weighted by atomic mass is 10.2. The molecular formula is C11H13NO3. The van der Waals surface area contributed by atoms with Gasteiger partial charge in [0.2, 0.25) is 0 Å². The fourth-order valence-corrected chi connectivity index (χ4v) is 1.06. The van der Waals surface area contributed by atoms with E-state index in [0.717, 1.165) is 5.56 Å². The first kappa shape index (κ1) is 11.2. The molecular weight excluding hydrogens is 194 g/mol. The third kappa shape index (κ3) is 4.26. The van der Waals surface area contributed by atoms with Crippen LogP contribution in [0.15, 0.2) is 24.3 Å². The zero-order valence-electron chi connectivity index (χ0n) is 8.74. The molecule has 0 radical (unpaired) electrons. The first-order valence-electron chi connectivity index (χ1n) is 4.59. The largest absolute Gasteiger partial charge is 0.343 e. The van der Waals surface area contributed by atoms with E-state index in [1.165, 1.54) is 6.92 Å².